The van der Waals surface area contributed by atoms with Crippen LogP contribution >= 0.6 is 0 Å². The molecule has 3 aliphatic carbocycles. The largest absolute Gasteiger partial charge is 0.394 e. The SMILES string of the molecule is CC1(C2=CCCC=C2)CC2(c3ccccc3)CC(C)(c3ccccc3)CC(C(F)(F)F)(C1)C2. The van der Waals surface area contributed by atoms with Crippen LogP contribution in [0.1, 0.15) is 69.9 Å². The van der Waals surface area contributed by atoms with Gasteiger partial charge < -0.3 is 0 Å². The summed E-state index contributed by atoms with van der Waals surface area (Å²) in [6.45, 7) is 4.17. The Hall–Kier alpha value is -2.29. The summed E-state index contributed by atoms with van der Waals surface area (Å²) >= 11 is 0. The second-order valence-corrected chi connectivity index (χ2v) is 11.4. The van der Waals surface area contributed by atoms with E-state index in [9.17, 15) is 0 Å². The van der Waals surface area contributed by atoms with E-state index in [1.807, 2.05) is 48.5 Å². The molecule has 0 N–H and O–H groups in total. The molecule has 0 radical (unpaired) electrons. The molecule has 0 saturated heterocycles. The number of allylic oxidation sites excluding steroid dienone is 4. The zero-order chi connectivity index (χ0) is 23.4. The monoisotopic (exact) mass is 450 g/mol. The maximum atomic E-state index is 15.2. The highest BCUT2D eigenvalue weighted by Gasteiger charge is 2.69. The first-order chi connectivity index (χ1) is 15.6. The van der Waals surface area contributed by atoms with Gasteiger partial charge in [-0.25, -0.2) is 0 Å². The van der Waals surface area contributed by atoms with Crippen LogP contribution in [-0.4, -0.2) is 6.18 Å². The van der Waals surface area contributed by atoms with E-state index in [4.69, 9.17) is 0 Å². The van der Waals surface area contributed by atoms with Crippen molar-refractivity contribution in [1.29, 1.82) is 0 Å². The fourth-order valence-corrected chi connectivity index (χ4v) is 7.84. The average molecular weight is 451 g/mol. The number of fused-ring (bicyclic) bond motifs is 2. The highest BCUT2D eigenvalue weighted by Crippen LogP contribution is 2.71. The normalized spacial score (nSPS) is 36.3. The summed E-state index contributed by atoms with van der Waals surface area (Å²) in [4.78, 5) is 0. The van der Waals surface area contributed by atoms with Crippen molar-refractivity contribution in [1.82, 2.24) is 0 Å². The number of alkyl halides is 3. The van der Waals surface area contributed by atoms with Crippen LogP contribution in [0.25, 0.3) is 0 Å². The highest BCUT2D eigenvalue weighted by molar-refractivity contribution is 5.40. The lowest BCUT2D eigenvalue weighted by atomic mass is 9.40. The summed E-state index contributed by atoms with van der Waals surface area (Å²) in [6, 6.07) is 20.0. The van der Waals surface area contributed by atoms with Gasteiger partial charge in [0.05, 0.1) is 5.41 Å². The molecule has 5 rings (SSSR count). The zero-order valence-electron chi connectivity index (χ0n) is 19.6. The molecule has 0 amide bonds. The van der Waals surface area contributed by atoms with Crippen LogP contribution < -0.4 is 0 Å². The smallest absolute Gasteiger partial charge is 0.171 e. The molecule has 2 aromatic carbocycles. The summed E-state index contributed by atoms with van der Waals surface area (Å²) in [5.41, 5.74) is -0.0954. The molecule has 2 saturated carbocycles. The lowest BCUT2D eigenvalue weighted by Gasteiger charge is -2.64. The molecule has 33 heavy (non-hydrogen) atoms. The van der Waals surface area contributed by atoms with Crippen LogP contribution in [0.4, 0.5) is 13.2 Å². The number of rotatable bonds is 3. The van der Waals surface area contributed by atoms with E-state index in [0.29, 0.717) is 0 Å². The van der Waals surface area contributed by atoms with Gasteiger partial charge in [-0.15, -0.1) is 0 Å². The molecule has 4 unspecified atom stereocenters. The van der Waals surface area contributed by atoms with E-state index in [1.54, 1.807) is 0 Å². The maximum Gasteiger partial charge on any atom is 0.394 e. The predicted octanol–water partition coefficient (Wildman–Crippen LogP) is 8.69. The van der Waals surface area contributed by atoms with E-state index in [2.05, 4.69) is 44.2 Å². The van der Waals surface area contributed by atoms with Crippen molar-refractivity contribution in [2.24, 2.45) is 10.8 Å². The summed E-state index contributed by atoms with van der Waals surface area (Å²) < 4.78 is 45.7. The minimum Gasteiger partial charge on any atom is -0.171 e. The maximum absolute atomic E-state index is 15.2. The van der Waals surface area contributed by atoms with Gasteiger partial charge >= 0.3 is 6.18 Å². The number of halogens is 3. The van der Waals surface area contributed by atoms with Crippen LogP contribution in [-0.2, 0) is 10.8 Å². The Morgan fingerprint density at radius 3 is 1.82 bits per heavy atom. The lowest BCUT2D eigenvalue weighted by molar-refractivity contribution is -0.271. The van der Waals surface area contributed by atoms with Crippen LogP contribution in [0.15, 0.2) is 84.5 Å². The van der Waals surface area contributed by atoms with Crippen molar-refractivity contribution in [2.45, 2.75) is 75.8 Å². The Labute approximate surface area is 195 Å². The van der Waals surface area contributed by atoms with Gasteiger partial charge in [0.25, 0.3) is 0 Å². The van der Waals surface area contributed by atoms with E-state index in [1.165, 1.54) is 0 Å². The van der Waals surface area contributed by atoms with Crippen LogP contribution in [0.3, 0.4) is 0 Å². The quantitative estimate of drug-likeness (QED) is 0.439. The standard InChI is InChI=1S/C30H33F3/c1-26(23-12-6-3-7-13-23)18-28(25-16-10-5-11-17-25)19-27(2,24-14-8-4-9-15-24)21-29(20-26,22-28)30(31,32)33/h3,5-8,10-17H,4,9,18-22H2,1-2H3. The molecule has 3 aliphatic rings. The Bertz CT molecular complexity index is 1060. The molecule has 0 spiro atoms. The van der Waals surface area contributed by atoms with Gasteiger partial charge in [-0.3, -0.25) is 0 Å². The molecule has 0 heterocycles. The summed E-state index contributed by atoms with van der Waals surface area (Å²) in [5.74, 6) is 0. The van der Waals surface area contributed by atoms with Crippen LogP contribution in [0, 0.1) is 10.8 Å². The molecule has 2 aromatic rings. The topological polar surface area (TPSA) is 0 Å². The Kier molecular flexibility index (Phi) is 5.19. The van der Waals surface area contributed by atoms with Gasteiger partial charge in [0.2, 0.25) is 0 Å². The second kappa shape index (κ2) is 7.61. The first kappa shape index (κ1) is 22.5. The number of hydrogen-bond acceptors (Lipinski definition) is 0. The average Bonchev–Trinajstić information content (AvgIpc) is 2.79. The molecular formula is C30H33F3. The molecule has 174 valence electrons. The first-order valence-corrected chi connectivity index (χ1v) is 12.2. The Morgan fingerprint density at radius 1 is 0.667 bits per heavy atom. The van der Waals surface area contributed by atoms with Gasteiger partial charge in [0.15, 0.2) is 0 Å². The molecule has 2 bridgehead atoms. The van der Waals surface area contributed by atoms with Gasteiger partial charge in [0.1, 0.15) is 0 Å². The second-order valence-electron chi connectivity index (χ2n) is 11.4. The van der Waals surface area contributed by atoms with Crippen molar-refractivity contribution in [3.8, 4) is 0 Å². The minimum absolute atomic E-state index is 0.148. The summed E-state index contributed by atoms with van der Waals surface area (Å²) in [7, 11) is 0. The van der Waals surface area contributed by atoms with Gasteiger partial charge in [-0.1, -0.05) is 92.7 Å². The zero-order valence-corrected chi connectivity index (χ0v) is 19.6. The van der Waals surface area contributed by atoms with Crippen molar-refractivity contribution in [2.75, 3.05) is 0 Å². The molecule has 0 aliphatic heterocycles. The summed E-state index contributed by atoms with van der Waals surface area (Å²) in [6.07, 6.45) is 6.04. The van der Waals surface area contributed by atoms with Gasteiger partial charge in [-0.2, -0.15) is 13.2 Å². The van der Waals surface area contributed by atoms with Gasteiger partial charge in [0, 0.05) is 0 Å². The first-order valence-electron chi connectivity index (χ1n) is 12.2. The fourth-order valence-electron chi connectivity index (χ4n) is 7.84. The number of hydrogen-bond donors (Lipinski definition) is 0. The van der Waals surface area contributed by atoms with Crippen molar-refractivity contribution in [3.63, 3.8) is 0 Å². The van der Waals surface area contributed by atoms with Gasteiger partial charge in [-0.05, 0) is 77.9 Å². The molecule has 0 aromatic heterocycles. The summed E-state index contributed by atoms with van der Waals surface area (Å²) in [5, 5.41) is 0. The van der Waals surface area contributed by atoms with Crippen LogP contribution in [0.2, 0.25) is 0 Å². The van der Waals surface area contributed by atoms with Crippen molar-refractivity contribution < 1.29 is 13.2 Å². The third-order valence-corrected chi connectivity index (χ3v) is 8.74. The highest BCUT2D eigenvalue weighted by atomic mass is 19.4. The predicted molar refractivity (Wildman–Crippen MR) is 128 cm³/mol. The van der Waals surface area contributed by atoms with Crippen LogP contribution in [0.5, 0.6) is 0 Å². The van der Waals surface area contributed by atoms with Crippen molar-refractivity contribution in [3.05, 3.63) is 95.6 Å². The van der Waals surface area contributed by atoms with E-state index in [-0.39, 0.29) is 19.3 Å². The molecule has 3 heteroatoms. The molecular weight excluding hydrogens is 417 g/mol. The minimum atomic E-state index is -4.26. The van der Waals surface area contributed by atoms with E-state index >= 15 is 13.2 Å². The third kappa shape index (κ3) is 3.68. The Morgan fingerprint density at radius 2 is 1.24 bits per heavy atom. The molecule has 0 nitrogen and oxygen atoms in total. The van der Waals surface area contributed by atoms with E-state index < -0.39 is 27.8 Å². The fraction of sp³-hybridized carbons (Fsp3) is 0.467. The lowest BCUT2D eigenvalue weighted by Crippen LogP contribution is -2.61. The number of benzene rings is 2. The Balaban J connectivity index is 1.73. The molecule has 4 atom stereocenters. The third-order valence-electron chi connectivity index (χ3n) is 8.74. The van der Waals surface area contributed by atoms with Crippen molar-refractivity contribution >= 4 is 0 Å². The molecule has 2 fully saturated rings. The van der Waals surface area contributed by atoms with E-state index in [0.717, 1.165) is 42.4 Å².